The Labute approximate surface area is 99.2 Å². The summed E-state index contributed by atoms with van der Waals surface area (Å²) < 4.78 is 38.6. The molecule has 0 bridgehead atoms. The average molecular weight is 243 g/mol. The topological polar surface area (TPSA) is 3.24 Å². The van der Waals surface area contributed by atoms with Crippen LogP contribution in [0.1, 0.15) is 30.4 Å². The van der Waals surface area contributed by atoms with Gasteiger partial charge in [-0.1, -0.05) is 25.1 Å². The molecule has 17 heavy (non-hydrogen) atoms. The molecule has 1 saturated heterocycles. The highest BCUT2D eigenvalue weighted by Crippen LogP contribution is 2.37. The van der Waals surface area contributed by atoms with Gasteiger partial charge < -0.3 is 4.90 Å². The van der Waals surface area contributed by atoms with Crippen LogP contribution >= 0.6 is 0 Å². The van der Waals surface area contributed by atoms with E-state index in [1.165, 1.54) is 12.1 Å². The number of benzene rings is 1. The summed E-state index contributed by atoms with van der Waals surface area (Å²) in [5.74, 6) is 0.0211. The monoisotopic (exact) mass is 243 g/mol. The Morgan fingerprint density at radius 1 is 1.29 bits per heavy atom. The largest absolute Gasteiger partial charge is 0.416 e. The van der Waals surface area contributed by atoms with E-state index >= 15 is 0 Å². The maximum Gasteiger partial charge on any atom is 0.416 e. The number of rotatable bonds is 2. The van der Waals surface area contributed by atoms with E-state index in [1.54, 1.807) is 12.1 Å². The zero-order valence-corrected chi connectivity index (χ0v) is 9.80. The zero-order valence-electron chi connectivity index (χ0n) is 9.80. The van der Waals surface area contributed by atoms with Crippen LogP contribution in [0.5, 0.6) is 0 Å². The van der Waals surface area contributed by atoms with Gasteiger partial charge in [0.15, 0.2) is 0 Å². The lowest BCUT2D eigenvalue weighted by Gasteiger charge is -2.18. The lowest BCUT2D eigenvalue weighted by molar-refractivity contribution is -0.138. The summed E-state index contributed by atoms with van der Waals surface area (Å²) in [5.41, 5.74) is -0.0149. The summed E-state index contributed by atoms with van der Waals surface area (Å²) >= 11 is 0. The Hall–Kier alpha value is -1.03. The fourth-order valence-corrected chi connectivity index (χ4v) is 2.48. The van der Waals surface area contributed by atoms with E-state index < -0.39 is 11.7 Å². The van der Waals surface area contributed by atoms with E-state index in [-0.39, 0.29) is 5.92 Å². The van der Waals surface area contributed by atoms with Crippen molar-refractivity contribution in [2.45, 2.75) is 25.4 Å². The molecule has 1 aromatic carbocycles. The Morgan fingerprint density at radius 3 is 2.59 bits per heavy atom. The molecule has 1 aliphatic rings. The summed E-state index contributed by atoms with van der Waals surface area (Å²) in [6.45, 7) is 4.58. The lowest BCUT2D eigenvalue weighted by Crippen LogP contribution is -2.20. The molecular formula is C13H16F3N. The molecule has 0 radical (unpaired) electrons. The van der Waals surface area contributed by atoms with E-state index in [9.17, 15) is 13.2 Å². The summed E-state index contributed by atoms with van der Waals surface area (Å²) in [6.07, 6.45) is -3.42. The van der Waals surface area contributed by atoms with Gasteiger partial charge in [0.2, 0.25) is 0 Å². The highest BCUT2D eigenvalue weighted by Gasteiger charge is 2.36. The minimum Gasteiger partial charge on any atom is -0.303 e. The first-order valence-electron chi connectivity index (χ1n) is 5.91. The van der Waals surface area contributed by atoms with Crippen LogP contribution in [0.25, 0.3) is 0 Å². The van der Waals surface area contributed by atoms with Gasteiger partial charge in [0.1, 0.15) is 0 Å². The standard InChI is InChI=1S/C13H16F3N/c1-2-17-8-7-10(9-17)11-5-3-4-6-12(11)13(14,15)16/h3-6,10H,2,7-9H2,1H3. The molecule has 0 N–H and O–H groups in total. The van der Waals surface area contributed by atoms with Crippen molar-refractivity contribution in [2.75, 3.05) is 19.6 Å². The van der Waals surface area contributed by atoms with Gasteiger partial charge in [0.25, 0.3) is 0 Å². The van der Waals surface area contributed by atoms with Crippen LogP contribution in [0.3, 0.4) is 0 Å². The van der Waals surface area contributed by atoms with Crippen molar-refractivity contribution in [1.82, 2.24) is 4.90 Å². The van der Waals surface area contributed by atoms with Crippen LogP contribution in [0.2, 0.25) is 0 Å². The van der Waals surface area contributed by atoms with Crippen LogP contribution in [-0.2, 0) is 6.18 Å². The second-order valence-corrected chi connectivity index (χ2v) is 4.46. The smallest absolute Gasteiger partial charge is 0.303 e. The van der Waals surface area contributed by atoms with Crippen molar-refractivity contribution >= 4 is 0 Å². The van der Waals surface area contributed by atoms with Gasteiger partial charge >= 0.3 is 6.18 Å². The molecule has 1 aliphatic heterocycles. The van der Waals surface area contributed by atoms with E-state index in [0.717, 1.165) is 26.1 Å². The van der Waals surface area contributed by atoms with Crippen molar-refractivity contribution in [1.29, 1.82) is 0 Å². The van der Waals surface area contributed by atoms with Crippen LogP contribution in [0, 0.1) is 0 Å². The number of alkyl halides is 3. The Kier molecular flexibility index (Phi) is 3.43. The molecule has 1 fully saturated rings. The van der Waals surface area contributed by atoms with Crippen molar-refractivity contribution < 1.29 is 13.2 Å². The van der Waals surface area contributed by atoms with Crippen LogP contribution in [-0.4, -0.2) is 24.5 Å². The fraction of sp³-hybridized carbons (Fsp3) is 0.538. The molecule has 0 saturated carbocycles. The summed E-state index contributed by atoms with van der Waals surface area (Å²) in [4.78, 5) is 2.19. The minimum atomic E-state index is -4.24. The molecule has 0 aliphatic carbocycles. The molecule has 1 atom stereocenters. The zero-order chi connectivity index (χ0) is 12.5. The highest BCUT2D eigenvalue weighted by atomic mass is 19.4. The molecule has 0 amide bonds. The lowest BCUT2D eigenvalue weighted by atomic mass is 9.93. The average Bonchev–Trinajstić information content (AvgIpc) is 2.76. The molecule has 1 heterocycles. The van der Waals surface area contributed by atoms with Gasteiger partial charge in [0, 0.05) is 6.54 Å². The van der Waals surface area contributed by atoms with Gasteiger partial charge in [-0.3, -0.25) is 0 Å². The Morgan fingerprint density at radius 2 is 2.00 bits per heavy atom. The molecule has 0 aromatic heterocycles. The number of likely N-dealkylation sites (N-methyl/N-ethyl adjacent to an activating group) is 1. The predicted molar refractivity (Wildman–Crippen MR) is 60.9 cm³/mol. The molecule has 1 aromatic rings. The van der Waals surface area contributed by atoms with Crippen LogP contribution in [0.4, 0.5) is 13.2 Å². The molecule has 4 heteroatoms. The van der Waals surface area contributed by atoms with Crippen LogP contribution in [0.15, 0.2) is 24.3 Å². The Bertz CT molecular complexity index is 386. The first-order valence-corrected chi connectivity index (χ1v) is 5.91. The number of likely N-dealkylation sites (tertiary alicyclic amines) is 1. The number of nitrogens with zero attached hydrogens (tertiary/aromatic N) is 1. The van der Waals surface area contributed by atoms with Crippen molar-refractivity contribution in [3.8, 4) is 0 Å². The predicted octanol–water partition coefficient (Wildman–Crippen LogP) is 3.51. The molecule has 1 unspecified atom stereocenters. The molecule has 94 valence electrons. The highest BCUT2D eigenvalue weighted by molar-refractivity contribution is 5.33. The van der Waals surface area contributed by atoms with Crippen molar-refractivity contribution in [3.63, 3.8) is 0 Å². The molecular weight excluding hydrogens is 227 g/mol. The summed E-state index contributed by atoms with van der Waals surface area (Å²) in [7, 11) is 0. The van der Waals surface area contributed by atoms with Crippen molar-refractivity contribution in [2.24, 2.45) is 0 Å². The first kappa shape index (κ1) is 12.4. The second kappa shape index (κ2) is 4.69. The molecule has 2 rings (SSSR count). The van der Waals surface area contributed by atoms with Crippen molar-refractivity contribution in [3.05, 3.63) is 35.4 Å². The number of halogens is 3. The number of hydrogen-bond donors (Lipinski definition) is 0. The first-order chi connectivity index (χ1) is 8.02. The molecule has 0 spiro atoms. The number of hydrogen-bond acceptors (Lipinski definition) is 1. The normalized spacial score (nSPS) is 22.0. The maximum atomic E-state index is 12.9. The van der Waals surface area contributed by atoms with Gasteiger partial charge in [-0.2, -0.15) is 13.2 Å². The van der Waals surface area contributed by atoms with Gasteiger partial charge in [0.05, 0.1) is 5.56 Å². The van der Waals surface area contributed by atoms with Gasteiger partial charge in [-0.15, -0.1) is 0 Å². The SMILES string of the molecule is CCN1CCC(c2ccccc2C(F)(F)F)C1. The summed E-state index contributed by atoms with van der Waals surface area (Å²) in [6, 6.07) is 5.95. The van der Waals surface area contributed by atoms with E-state index in [2.05, 4.69) is 4.90 Å². The van der Waals surface area contributed by atoms with Crippen LogP contribution < -0.4 is 0 Å². The van der Waals surface area contributed by atoms with E-state index in [1.807, 2.05) is 6.92 Å². The maximum absolute atomic E-state index is 12.9. The Balaban J connectivity index is 2.27. The van der Waals surface area contributed by atoms with Gasteiger partial charge in [-0.05, 0) is 37.1 Å². The molecule has 1 nitrogen and oxygen atoms in total. The quantitative estimate of drug-likeness (QED) is 0.768. The third-order valence-corrected chi connectivity index (χ3v) is 3.43. The van der Waals surface area contributed by atoms with Gasteiger partial charge in [-0.25, -0.2) is 0 Å². The third-order valence-electron chi connectivity index (χ3n) is 3.43. The second-order valence-electron chi connectivity index (χ2n) is 4.46. The summed E-state index contributed by atoms with van der Waals surface area (Å²) in [5, 5.41) is 0. The van der Waals surface area contributed by atoms with E-state index in [0.29, 0.717) is 5.56 Å². The minimum absolute atomic E-state index is 0.0211. The third kappa shape index (κ3) is 2.63. The fourth-order valence-electron chi connectivity index (χ4n) is 2.48. The van der Waals surface area contributed by atoms with E-state index in [4.69, 9.17) is 0 Å².